The van der Waals surface area contributed by atoms with Crippen LogP contribution < -0.4 is 5.32 Å². The molecule has 2 aromatic rings. The van der Waals surface area contributed by atoms with Crippen molar-refractivity contribution < 1.29 is 47.5 Å². The Kier molecular flexibility index (Phi) is 8.95. The Morgan fingerprint density at radius 3 is 1.95 bits per heavy atom. The monoisotopic (exact) mass is 583 g/mol. The summed E-state index contributed by atoms with van der Waals surface area (Å²) < 4.78 is 40.9. The number of carbonyl (C=O) groups excluding carboxylic acids is 3. The maximum atomic E-state index is 13.7. The maximum Gasteiger partial charge on any atom is 0.328 e. The molecule has 0 saturated carbocycles. The zero-order valence-electron chi connectivity index (χ0n) is 24.1. The molecule has 1 N–H and O–H groups in total. The third-order valence-corrected chi connectivity index (χ3v) is 7.12. The highest BCUT2D eigenvalue weighted by atomic mass is 16.9. The summed E-state index contributed by atoms with van der Waals surface area (Å²) in [5.74, 6) is -3.79. The summed E-state index contributed by atoms with van der Waals surface area (Å²) in [5, 5.41) is 2.71. The van der Waals surface area contributed by atoms with Crippen LogP contribution in [0.4, 0.5) is 0 Å². The van der Waals surface area contributed by atoms with Crippen LogP contribution in [0.5, 0.6) is 0 Å². The minimum Gasteiger partial charge on any atom is -0.461 e. The van der Waals surface area contributed by atoms with E-state index < -0.39 is 66.2 Å². The normalized spacial score (nSPS) is 27.8. The van der Waals surface area contributed by atoms with E-state index >= 15 is 0 Å². The minimum atomic E-state index is -1.18. The van der Waals surface area contributed by atoms with E-state index in [1.165, 1.54) is 0 Å². The molecule has 0 spiro atoms. The molecular formula is C31H37NO10. The van der Waals surface area contributed by atoms with Gasteiger partial charge in [0.05, 0.1) is 0 Å². The highest BCUT2D eigenvalue weighted by molar-refractivity contribution is 5.88. The molecule has 226 valence electrons. The zero-order chi connectivity index (χ0) is 29.9. The molecule has 0 unspecified atom stereocenters. The Morgan fingerprint density at radius 1 is 0.762 bits per heavy atom. The van der Waals surface area contributed by atoms with Crippen molar-refractivity contribution in [1.29, 1.82) is 0 Å². The average molecular weight is 584 g/mol. The minimum absolute atomic E-state index is 0.00425. The van der Waals surface area contributed by atoms with Crippen LogP contribution in [0.1, 0.15) is 51.7 Å². The van der Waals surface area contributed by atoms with E-state index in [0.717, 1.165) is 11.1 Å². The van der Waals surface area contributed by atoms with Crippen molar-refractivity contribution in [3.63, 3.8) is 0 Å². The first-order valence-corrected chi connectivity index (χ1v) is 14.1. The summed E-state index contributed by atoms with van der Waals surface area (Å²) in [6.45, 7) is 7.07. The fourth-order valence-electron chi connectivity index (χ4n) is 5.23. The Morgan fingerprint density at radius 2 is 1.31 bits per heavy atom. The van der Waals surface area contributed by atoms with Crippen LogP contribution in [-0.4, -0.2) is 66.2 Å². The highest BCUT2D eigenvalue weighted by Crippen LogP contribution is 2.44. The van der Waals surface area contributed by atoms with Crippen molar-refractivity contribution in [3.8, 4) is 0 Å². The molecule has 0 aromatic heterocycles. The summed E-state index contributed by atoms with van der Waals surface area (Å²) in [4.78, 5) is 39.4. The second kappa shape index (κ2) is 12.5. The molecule has 0 radical (unpaired) electrons. The van der Waals surface area contributed by atoms with Gasteiger partial charge >= 0.3 is 11.9 Å². The van der Waals surface area contributed by atoms with Gasteiger partial charge in [-0.25, -0.2) is 4.79 Å². The van der Waals surface area contributed by atoms with Crippen molar-refractivity contribution in [2.24, 2.45) is 0 Å². The standard InChI is InChI=1S/C31H37NO10/c1-30(2)39-23-24(40-30)26-29(42-31(3,4)41-26)38-25(23)27(34)32-21(28(35)37-18-20-13-9-6-10-14-20)15-16-22(33)36-17-19-11-7-5-8-12-19/h5-14,21,23-26,29H,15-18H2,1-4H3,(H,32,34)/t21-,23-,24+,25+,26-,29+/m1/s1. The second-order valence-corrected chi connectivity index (χ2v) is 11.4. The van der Waals surface area contributed by atoms with Crippen molar-refractivity contribution in [2.45, 2.75) is 102 Å². The number of carbonyl (C=O) groups is 3. The van der Waals surface area contributed by atoms with Gasteiger partial charge in [-0.1, -0.05) is 60.7 Å². The molecule has 0 bridgehead atoms. The van der Waals surface area contributed by atoms with Crippen LogP contribution in [0.25, 0.3) is 0 Å². The van der Waals surface area contributed by atoms with Gasteiger partial charge < -0.3 is 38.5 Å². The first kappa shape index (κ1) is 30.1. The number of nitrogens with one attached hydrogen (secondary N) is 1. The molecule has 42 heavy (non-hydrogen) atoms. The fraction of sp³-hybridized carbons (Fsp3) is 0.516. The third-order valence-electron chi connectivity index (χ3n) is 7.12. The van der Waals surface area contributed by atoms with E-state index in [9.17, 15) is 14.4 Å². The van der Waals surface area contributed by atoms with Crippen LogP contribution in [0.15, 0.2) is 60.7 Å². The van der Waals surface area contributed by atoms with Crippen LogP contribution in [-0.2, 0) is 60.8 Å². The topological polar surface area (TPSA) is 128 Å². The number of ether oxygens (including phenoxy) is 7. The molecule has 3 fully saturated rings. The summed E-state index contributed by atoms with van der Waals surface area (Å²) in [6.07, 6.45) is -4.31. The molecule has 3 aliphatic heterocycles. The van der Waals surface area contributed by atoms with Crippen LogP contribution in [0.3, 0.4) is 0 Å². The van der Waals surface area contributed by atoms with E-state index in [0.29, 0.717) is 0 Å². The van der Waals surface area contributed by atoms with Crippen LogP contribution in [0, 0.1) is 0 Å². The quantitative estimate of drug-likeness (QED) is 0.417. The Labute approximate surface area is 244 Å². The fourth-order valence-corrected chi connectivity index (χ4v) is 5.23. The third kappa shape index (κ3) is 7.34. The van der Waals surface area contributed by atoms with Gasteiger partial charge in [0.25, 0.3) is 5.91 Å². The van der Waals surface area contributed by atoms with Crippen molar-refractivity contribution in [3.05, 3.63) is 71.8 Å². The molecule has 0 aliphatic carbocycles. The average Bonchev–Trinajstić information content (AvgIpc) is 3.46. The lowest BCUT2D eigenvalue weighted by Crippen LogP contribution is -2.61. The lowest BCUT2D eigenvalue weighted by molar-refractivity contribution is -0.231. The van der Waals surface area contributed by atoms with E-state index in [2.05, 4.69) is 5.32 Å². The first-order valence-electron chi connectivity index (χ1n) is 14.1. The number of hydrogen-bond donors (Lipinski definition) is 1. The number of amides is 1. The zero-order valence-corrected chi connectivity index (χ0v) is 24.1. The number of hydrogen-bond acceptors (Lipinski definition) is 10. The number of benzene rings is 2. The molecule has 11 nitrogen and oxygen atoms in total. The SMILES string of the molecule is CC1(C)O[C@H]2[C@@H](O1)[C@@H](C(=O)N[C@H](CCC(=O)OCc1ccccc1)C(=O)OCc1ccccc1)O[C@H]1OC(C)(C)O[C@@H]12. The number of fused-ring (bicyclic) bond motifs is 3. The molecule has 3 aliphatic rings. The molecule has 2 aromatic carbocycles. The number of rotatable bonds is 10. The number of esters is 2. The van der Waals surface area contributed by atoms with E-state index in [4.69, 9.17) is 33.2 Å². The predicted octanol–water partition coefficient (Wildman–Crippen LogP) is 3.13. The molecule has 3 saturated heterocycles. The summed E-state index contributed by atoms with van der Waals surface area (Å²) >= 11 is 0. The van der Waals surface area contributed by atoms with E-state index in [1.807, 2.05) is 60.7 Å². The second-order valence-electron chi connectivity index (χ2n) is 11.4. The Hall–Kier alpha value is -3.35. The van der Waals surface area contributed by atoms with Gasteiger partial charge in [0, 0.05) is 6.42 Å². The van der Waals surface area contributed by atoms with Gasteiger partial charge in [-0.2, -0.15) is 0 Å². The van der Waals surface area contributed by atoms with E-state index in [-0.39, 0.29) is 26.1 Å². The van der Waals surface area contributed by atoms with Crippen molar-refractivity contribution >= 4 is 17.8 Å². The Bertz CT molecular complexity index is 1250. The summed E-state index contributed by atoms with van der Waals surface area (Å²) in [7, 11) is 0. The van der Waals surface area contributed by atoms with Gasteiger partial charge in [-0.15, -0.1) is 0 Å². The Balaban J connectivity index is 1.26. The van der Waals surface area contributed by atoms with Crippen LogP contribution >= 0.6 is 0 Å². The molecule has 5 rings (SSSR count). The smallest absolute Gasteiger partial charge is 0.328 e. The lowest BCUT2D eigenvalue weighted by atomic mass is 9.98. The van der Waals surface area contributed by atoms with Crippen molar-refractivity contribution in [2.75, 3.05) is 0 Å². The van der Waals surface area contributed by atoms with Gasteiger partial charge in [-0.05, 0) is 45.2 Å². The molecule has 3 heterocycles. The summed E-state index contributed by atoms with van der Waals surface area (Å²) in [6, 6.07) is 17.2. The highest BCUT2D eigenvalue weighted by Gasteiger charge is 2.62. The molecular weight excluding hydrogens is 546 g/mol. The molecule has 6 atom stereocenters. The maximum absolute atomic E-state index is 13.7. The largest absolute Gasteiger partial charge is 0.461 e. The van der Waals surface area contributed by atoms with E-state index in [1.54, 1.807) is 27.7 Å². The molecule has 11 heteroatoms. The van der Waals surface area contributed by atoms with Gasteiger partial charge in [-0.3, -0.25) is 9.59 Å². The van der Waals surface area contributed by atoms with Crippen LogP contribution in [0.2, 0.25) is 0 Å². The predicted molar refractivity (Wildman–Crippen MR) is 146 cm³/mol. The van der Waals surface area contributed by atoms with Gasteiger partial charge in [0.1, 0.15) is 37.6 Å². The van der Waals surface area contributed by atoms with Gasteiger partial charge in [0.15, 0.2) is 24.0 Å². The summed E-state index contributed by atoms with van der Waals surface area (Å²) in [5.41, 5.74) is 1.62. The lowest BCUT2D eigenvalue weighted by Gasteiger charge is -2.36. The van der Waals surface area contributed by atoms with Gasteiger partial charge in [0.2, 0.25) is 0 Å². The van der Waals surface area contributed by atoms with Crippen molar-refractivity contribution in [1.82, 2.24) is 5.32 Å². The molecule has 1 amide bonds. The first-order chi connectivity index (χ1) is 20.0.